The summed E-state index contributed by atoms with van der Waals surface area (Å²) in [4.78, 5) is 36.4. The molecule has 0 saturated carbocycles. The fraction of sp³-hybridized carbons (Fsp3) is 0.500. The molecule has 1 aromatic carbocycles. The van der Waals surface area contributed by atoms with E-state index in [0.29, 0.717) is 30.2 Å². The van der Waals surface area contributed by atoms with Crippen LogP contribution in [0.5, 0.6) is 0 Å². The molecular weight excluding hydrogens is 416 g/mol. The lowest BCUT2D eigenvalue weighted by Gasteiger charge is -2.36. The van der Waals surface area contributed by atoms with Gasteiger partial charge in [0, 0.05) is 50.5 Å². The maximum Gasteiger partial charge on any atom is 0.329 e. The Kier molecular flexibility index (Phi) is 5.94. The molecule has 0 radical (unpaired) electrons. The van der Waals surface area contributed by atoms with Gasteiger partial charge >= 0.3 is 5.69 Å². The van der Waals surface area contributed by atoms with Crippen molar-refractivity contribution in [2.24, 2.45) is 13.0 Å². The van der Waals surface area contributed by atoms with E-state index >= 15 is 0 Å². The quantitative estimate of drug-likeness (QED) is 0.653. The molecule has 1 fully saturated rings. The van der Waals surface area contributed by atoms with Crippen molar-refractivity contribution in [2.45, 2.75) is 33.9 Å². The summed E-state index contributed by atoms with van der Waals surface area (Å²) in [6, 6.07) is 6.01. The van der Waals surface area contributed by atoms with E-state index in [9.17, 15) is 9.59 Å². The minimum atomic E-state index is -0.441. The largest absolute Gasteiger partial charge is 0.369 e. The van der Waals surface area contributed by atoms with Gasteiger partial charge in [0.1, 0.15) is 5.82 Å². The third kappa shape index (κ3) is 4.27. The fourth-order valence-electron chi connectivity index (χ4n) is 4.23. The minimum absolute atomic E-state index is 0.343. The number of nitrogens with one attached hydrogen (secondary N) is 1. The van der Waals surface area contributed by atoms with E-state index in [4.69, 9.17) is 16.6 Å². The van der Waals surface area contributed by atoms with Crippen molar-refractivity contribution in [3.63, 3.8) is 0 Å². The van der Waals surface area contributed by atoms with Crippen LogP contribution < -0.4 is 16.1 Å². The zero-order valence-electron chi connectivity index (χ0n) is 18.5. The number of benzene rings is 1. The highest BCUT2D eigenvalue weighted by Crippen LogP contribution is 2.26. The van der Waals surface area contributed by atoms with Crippen molar-refractivity contribution in [3.8, 4) is 0 Å². The standard InChI is InChI=1S/C22H29ClN6O2/c1-14(2)12-29-18(24-20-19(29)21(30)25-22(31)26(20)4)13-27-7-9-28(10-8-27)17-11-16(23)6-5-15(17)3/h5-6,11,14H,7-10,12-13H2,1-4H3,(H,25,30,31). The SMILES string of the molecule is Cc1ccc(Cl)cc1N1CCN(Cc2nc3c(c(=O)[nH]c(=O)n3C)n2CC(C)C)CC1. The summed E-state index contributed by atoms with van der Waals surface area (Å²) in [5, 5.41) is 0.751. The van der Waals surface area contributed by atoms with E-state index in [0.717, 1.165) is 37.0 Å². The first-order valence-corrected chi connectivity index (χ1v) is 11.0. The summed E-state index contributed by atoms with van der Waals surface area (Å²) < 4.78 is 3.39. The Labute approximate surface area is 186 Å². The number of hydrogen-bond donors (Lipinski definition) is 1. The van der Waals surface area contributed by atoms with E-state index in [1.807, 2.05) is 16.7 Å². The summed E-state index contributed by atoms with van der Waals surface area (Å²) in [6.45, 7) is 11.2. The van der Waals surface area contributed by atoms with Crippen molar-refractivity contribution in [2.75, 3.05) is 31.1 Å². The minimum Gasteiger partial charge on any atom is -0.369 e. The lowest BCUT2D eigenvalue weighted by atomic mass is 10.1. The molecule has 0 bridgehead atoms. The van der Waals surface area contributed by atoms with Crippen molar-refractivity contribution < 1.29 is 0 Å². The Bertz CT molecular complexity index is 1220. The highest BCUT2D eigenvalue weighted by atomic mass is 35.5. The van der Waals surface area contributed by atoms with E-state index in [-0.39, 0.29) is 5.56 Å². The number of imidazole rings is 1. The number of hydrogen-bond acceptors (Lipinski definition) is 5. The van der Waals surface area contributed by atoms with Gasteiger partial charge in [-0.2, -0.15) is 0 Å². The second-order valence-corrected chi connectivity index (χ2v) is 9.15. The number of aromatic amines is 1. The predicted molar refractivity (Wildman–Crippen MR) is 124 cm³/mol. The van der Waals surface area contributed by atoms with Crippen LogP contribution in [0.15, 0.2) is 27.8 Å². The average Bonchev–Trinajstić information content (AvgIpc) is 3.07. The molecule has 1 aliphatic heterocycles. The van der Waals surface area contributed by atoms with Crippen LogP contribution in [-0.4, -0.2) is 50.2 Å². The molecule has 3 heterocycles. The molecule has 1 saturated heterocycles. The third-order valence-corrected chi connectivity index (χ3v) is 6.12. The highest BCUT2D eigenvalue weighted by molar-refractivity contribution is 6.30. The number of aryl methyl sites for hydroxylation is 2. The monoisotopic (exact) mass is 444 g/mol. The second-order valence-electron chi connectivity index (χ2n) is 8.72. The van der Waals surface area contributed by atoms with Crippen molar-refractivity contribution in [3.05, 3.63) is 55.4 Å². The first kappa shape index (κ1) is 21.6. The van der Waals surface area contributed by atoms with Gasteiger partial charge in [-0.25, -0.2) is 9.78 Å². The lowest BCUT2D eigenvalue weighted by molar-refractivity contribution is 0.240. The maximum atomic E-state index is 12.6. The summed E-state index contributed by atoms with van der Waals surface area (Å²) in [7, 11) is 1.64. The normalized spacial score (nSPS) is 15.4. The molecule has 9 heteroatoms. The second kappa shape index (κ2) is 8.51. The number of anilines is 1. The number of fused-ring (bicyclic) bond motifs is 1. The summed E-state index contributed by atoms with van der Waals surface area (Å²) in [5.41, 5.74) is 2.50. The third-order valence-electron chi connectivity index (χ3n) is 5.88. The first-order valence-electron chi connectivity index (χ1n) is 10.7. The van der Waals surface area contributed by atoms with Crippen LogP contribution in [0, 0.1) is 12.8 Å². The Balaban J connectivity index is 1.59. The number of rotatable bonds is 5. The van der Waals surface area contributed by atoms with E-state index < -0.39 is 5.69 Å². The Morgan fingerprint density at radius 3 is 2.55 bits per heavy atom. The maximum absolute atomic E-state index is 12.6. The molecule has 166 valence electrons. The number of H-pyrrole nitrogens is 1. The molecule has 1 aliphatic rings. The molecule has 2 aromatic heterocycles. The molecular formula is C22H29ClN6O2. The van der Waals surface area contributed by atoms with Crippen LogP contribution in [0.3, 0.4) is 0 Å². The van der Waals surface area contributed by atoms with Crippen LogP contribution >= 0.6 is 11.6 Å². The van der Waals surface area contributed by atoms with Crippen molar-refractivity contribution >= 4 is 28.5 Å². The topological polar surface area (TPSA) is 79.2 Å². The van der Waals surface area contributed by atoms with Gasteiger partial charge in [0.15, 0.2) is 11.2 Å². The predicted octanol–water partition coefficient (Wildman–Crippen LogP) is 2.36. The smallest absolute Gasteiger partial charge is 0.329 e. The number of piperazine rings is 1. The summed E-state index contributed by atoms with van der Waals surface area (Å²) >= 11 is 6.21. The Morgan fingerprint density at radius 2 is 1.87 bits per heavy atom. The molecule has 0 aliphatic carbocycles. The van der Waals surface area contributed by atoms with Gasteiger partial charge in [-0.05, 0) is 30.5 Å². The summed E-state index contributed by atoms with van der Waals surface area (Å²) in [5.74, 6) is 1.17. The highest BCUT2D eigenvalue weighted by Gasteiger charge is 2.23. The molecule has 4 rings (SSSR count). The Morgan fingerprint density at radius 1 is 1.16 bits per heavy atom. The summed E-state index contributed by atoms with van der Waals surface area (Å²) in [6.07, 6.45) is 0. The molecule has 31 heavy (non-hydrogen) atoms. The Hall–Kier alpha value is -2.58. The van der Waals surface area contributed by atoms with E-state index in [1.165, 1.54) is 15.8 Å². The van der Waals surface area contributed by atoms with Gasteiger partial charge in [0.05, 0.1) is 6.54 Å². The average molecular weight is 445 g/mol. The molecule has 1 N–H and O–H groups in total. The van der Waals surface area contributed by atoms with Crippen molar-refractivity contribution in [1.82, 2.24) is 24.0 Å². The fourth-order valence-corrected chi connectivity index (χ4v) is 4.40. The van der Waals surface area contributed by atoms with Crippen LogP contribution in [-0.2, 0) is 20.1 Å². The van der Waals surface area contributed by atoms with Gasteiger partial charge in [0.2, 0.25) is 0 Å². The van der Waals surface area contributed by atoms with Gasteiger partial charge in [0.25, 0.3) is 5.56 Å². The van der Waals surface area contributed by atoms with Crippen LogP contribution in [0.4, 0.5) is 5.69 Å². The molecule has 0 amide bonds. The van der Waals surface area contributed by atoms with Gasteiger partial charge in [-0.1, -0.05) is 31.5 Å². The van der Waals surface area contributed by atoms with Crippen LogP contribution in [0.2, 0.25) is 5.02 Å². The van der Waals surface area contributed by atoms with Crippen LogP contribution in [0.25, 0.3) is 11.2 Å². The first-order chi connectivity index (χ1) is 14.7. The molecule has 8 nitrogen and oxygen atoms in total. The number of nitrogens with zero attached hydrogens (tertiary/aromatic N) is 5. The zero-order valence-corrected chi connectivity index (χ0v) is 19.2. The molecule has 0 atom stereocenters. The van der Waals surface area contributed by atoms with Gasteiger partial charge < -0.3 is 9.47 Å². The number of aromatic nitrogens is 4. The van der Waals surface area contributed by atoms with Gasteiger partial charge in [-0.15, -0.1) is 0 Å². The van der Waals surface area contributed by atoms with Crippen LogP contribution in [0.1, 0.15) is 25.2 Å². The van der Waals surface area contributed by atoms with E-state index in [2.05, 4.69) is 41.6 Å². The molecule has 0 unspecified atom stereocenters. The molecule has 0 spiro atoms. The van der Waals surface area contributed by atoms with Crippen molar-refractivity contribution in [1.29, 1.82) is 0 Å². The lowest BCUT2D eigenvalue weighted by Crippen LogP contribution is -2.46. The molecule has 3 aromatic rings. The number of halogens is 1. The van der Waals surface area contributed by atoms with E-state index in [1.54, 1.807) is 7.05 Å². The zero-order chi connectivity index (χ0) is 22.3. The van der Waals surface area contributed by atoms with Gasteiger partial charge in [-0.3, -0.25) is 19.2 Å².